The monoisotopic (exact) mass is 194 g/mol. The van der Waals surface area contributed by atoms with Crippen molar-refractivity contribution in [1.29, 1.82) is 0 Å². The van der Waals surface area contributed by atoms with Crippen LogP contribution in [0.3, 0.4) is 0 Å². The van der Waals surface area contributed by atoms with E-state index in [1.807, 2.05) is 0 Å². The Morgan fingerprint density at radius 1 is 1.21 bits per heavy atom. The molecule has 14 heavy (non-hydrogen) atoms. The average molecular weight is 194 g/mol. The number of nitrogens with zero attached hydrogens (tertiary/aromatic N) is 2. The summed E-state index contributed by atoms with van der Waals surface area (Å²) >= 11 is 0. The molecular formula is C8H6N2O4. The SMILES string of the molecule is O=[N+]([O-])/C=C\c1cccc([N+](=O)[O-])c1. The fourth-order valence-corrected chi connectivity index (χ4v) is 0.889. The molecule has 0 aliphatic rings. The minimum Gasteiger partial charge on any atom is -0.259 e. The van der Waals surface area contributed by atoms with E-state index in [1.165, 1.54) is 24.3 Å². The summed E-state index contributed by atoms with van der Waals surface area (Å²) in [6.45, 7) is 0. The molecule has 0 aliphatic heterocycles. The van der Waals surface area contributed by atoms with Crippen molar-refractivity contribution in [3.8, 4) is 0 Å². The Bertz CT molecular complexity index is 400. The molecule has 0 saturated carbocycles. The van der Waals surface area contributed by atoms with Crippen molar-refractivity contribution in [1.82, 2.24) is 0 Å². The van der Waals surface area contributed by atoms with E-state index < -0.39 is 9.85 Å². The standard InChI is InChI=1S/C8H6N2O4/c11-9(12)5-4-7-2-1-3-8(6-7)10(13)14/h1-6H/b5-4-. The molecular weight excluding hydrogens is 188 g/mol. The van der Waals surface area contributed by atoms with E-state index in [4.69, 9.17) is 0 Å². The van der Waals surface area contributed by atoms with E-state index in [0.29, 0.717) is 5.56 Å². The quantitative estimate of drug-likeness (QED) is 0.542. The first-order chi connectivity index (χ1) is 6.59. The van der Waals surface area contributed by atoms with Gasteiger partial charge in [0.1, 0.15) is 0 Å². The Morgan fingerprint density at radius 2 is 1.93 bits per heavy atom. The maximum absolute atomic E-state index is 10.3. The molecule has 0 aliphatic carbocycles. The molecule has 0 atom stereocenters. The van der Waals surface area contributed by atoms with Gasteiger partial charge in [-0.05, 0) is 5.56 Å². The lowest BCUT2D eigenvalue weighted by Crippen LogP contribution is -1.88. The van der Waals surface area contributed by atoms with Crippen LogP contribution in [0.25, 0.3) is 6.08 Å². The van der Waals surface area contributed by atoms with Crippen molar-refractivity contribution in [3.05, 3.63) is 56.3 Å². The fourth-order valence-electron chi connectivity index (χ4n) is 0.889. The van der Waals surface area contributed by atoms with Gasteiger partial charge in [-0.15, -0.1) is 0 Å². The fraction of sp³-hybridized carbons (Fsp3) is 0. The molecule has 0 N–H and O–H groups in total. The number of hydrogen-bond acceptors (Lipinski definition) is 4. The van der Waals surface area contributed by atoms with Gasteiger partial charge in [0.15, 0.2) is 0 Å². The van der Waals surface area contributed by atoms with Crippen molar-refractivity contribution < 1.29 is 9.85 Å². The van der Waals surface area contributed by atoms with Crippen molar-refractivity contribution in [2.24, 2.45) is 0 Å². The second-order valence-corrected chi connectivity index (χ2v) is 2.45. The highest BCUT2D eigenvalue weighted by molar-refractivity contribution is 5.52. The highest BCUT2D eigenvalue weighted by atomic mass is 16.6. The first-order valence-electron chi connectivity index (χ1n) is 3.66. The Balaban J connectivity index is 2.94. The molecule has 0 fully saturated rings. The largest absolute Gasteiger partial charge is 0.270 e. The number of benzene rings is 1. The Hall–Kier alpha value is -2.24. The second kappa shape index (κ2) is 4.13. The van der Waals surface area contributed by atoms with Crippen LogP contribution in [0.2, 0.25) is 0 Å². The van der Waals surface area contributed by atoms with Gasteiger partial charge < -0.3 is 0 Å². The molecule has 0 aromatic heterocycles. The maximum Gasteiger partial charge on any atom is 0.270 e. The predicted molar refractivity (Wildman–Crippen MR) is 49.1 cm³/mol. The number of non-ortho nitro benzene ring substituents is 1. The summed E-state index contributed by atoms with van der Waals surface area (Å²) in [6.07, 6.45) is 1.94. The first kappa shape index (κ1) is 9.85. The predicted octanol–water partition coefficient (Wildman–Crippen LogP) is 1.84. The molecule has 1 aromatic carbocycles. The van der Waals surface area contributed by atoms with Crippen molar-refractivity contribution >= 4 is 11.8 Å². The van der Waals surface area contributed by atoms with Crippen LogP contribution >= 0.6 is 0 Å². The maximum atomic E-state index is 10.3. The van der Waals surface area contributed by atoms with E-state index >= 15 is 0 Å². The molecule has 6 nitrogen and oxygen atoms in total. The Morgan fingerprint density at radius 3 is 2.50 bits per heavy atom. The smallest absolute Gasteiger partial charge is 0.259 e. The van der Waals surface area contributed by atoms with Crippen LogP contribution in [-0.4, -0.2) is 9.85 Å². The van der Waals surface area contributed by atoms with Crippen LogP contribution in [0.4, 0.5) is 5.69 Å². The average Bonchev–Trinajstić information content (AvgIpc) is 2.15. The third-order valence-electron chi connectivity index (χ3n) is 1.47. The van der Waals surface area contributed by atoms with Gasteiger partial charge in [0, 0.05) is 18.2 Å². The Kier molecular flexibility index (Phi) is 2.90. The van der Waals surface area contributed by atoms with Gasteiger partial charge >= 0.3 is 0 Å². The lowest BCUT2D eigenvalue weighted by Gasteiger charge is -1.92. The minimum atomic E-state index is -0.626. The Labute approximate surface area is 78.8 Å². The van der Waals surface area contributed by atoms with Gasteiger partial charge in [-0.3, -0.25) is 20.2 Å². The molecule has 6 heteroatoms. The highest BCUT2D eigenvalue weighted by Gasteiger charge is 2.03. The highest BCUT2D eigenvalue weighted by Crippen LogP contribution is 2.13. The van der Waals surface area contributed by atoms with Gasteiger partial charge in [0.05, 0.1) is 9.85 Å². The summed E-state index contributed by atoms with van der Waals surface area (Å²) in [4.78, 5) is 19.1. The number of nitro benzene ring substituents is 1. The third-order valence-corrected chi connectivity index (χ3v) is 1.47. The van der Waals surface area contributed by atoms with Crippen molar-refractivity contribution in [2.45, 2.75) is 0 Å². The summed E-state index contributed by atoms with van der Waals surface area (Å²) in [5.41, 5.74) is 0.339. The molecule has 1 rings (SSSR count). The van der Waals surface area contributed by atoms with Crippen LogP contribution in [0.1, 0.15) is 5.56 Å². The molecule has 0 heterocycles. The molecule has 72 valence electrons. The van der Waals surface area contributed by atoms with E-state index in [2.05, 4.69) is 0 Å². The van der Waals surface area contributed by atoms with E-state index in [9.17, 15) is 20.2 Å². The van der Waals surface area contributed by atoms with Crippen LogP contribution in [0.5, 0.6) is 0 Å². The lowest BCUT2D eigenvalue weighted by atomic mass is 10.2. The lowest BCUT2D eigenvalue weighted by molar-refractivity contribution is -0.400. The summed E-state index contributed by atoms with van der Waals surface area (Å²) in [7, 11) is 0. The van der Waals surface area contributed by atoms with Gasteiger partial charge in [-0.2, -0.15) is 0 Å². The van der Waals surface area contributed by atoms with Gasteiger partial charge in [-0.25, -0.2) is 0 Å². The van der Waals surface area contributed by atoms with Gasteiger partial charge in [-0.1, -0.05) is 12.1 Å². The van der Waals surface area contributed by atoms with E-state index in [1.54, 1.807) is 6.07 Å². The molecule has 1 aromatic rings. The molecule has 0 saturated heterocycles. The van der Waals surface area contributed by atoms with Crippen LogP contribution in [0, 0.1) is 20.2 Å². The zero-order valence-corrected chi connectivity index (χ0v) is 6.99. The zero-order valence-electron chi connectivity index (χ0n) is 6.99. The summed E-state index contributed by atoms with van der Waals surface area (Å²) in [5, 5.41) is 20.3. The number of nitro groups is 2. The zero-order chi connectivity index (χ0) is 10.6. The first-order valence-corrected chi connectivity index (χ1v) is 3.66. The van der Waals surface area contributed by atoms with Crippen molar-refractivity contribution in [3.63, 3.8) is 0 Å². The van der Waals surface area contributed by atoms with Crippen LogP contribution in [-0.2, 0) is 0 Å². The van der Waals surface area contributed by atoms with Gasteiger partial charge in [0.2, 0.25) is 6.20 Å². The molecule has 0 spiro atoms. The summed E-state index contributed by atoms with van der Waals surface area (Å²) in [6, 6.07) is 5.61. The molecule has 0 bridgehead atoms. The minimum absolute atomic E-state index is 0.0875. The van der Waals surface area contributed by atoms with Gasteiger partial charge in [0.25, 0.3) is 5.69 Å². The second-order valence-electron chi connectivity index (χ2n) is 2.45. The molecule has 0 radical (unpaired) electrons. The summed E-state index contributed by atoms with van der Waals surface area (Å²) in [5.74, 6) is 0. The third kappa shape index (κ3) is 2.67. The van der Waals surface area contributed by atoms with E-state index in [0.717, 1.165) is 6.20 Å². The van der Waals surface area contributed by atoms with Crippen molar-refractivity contribution in [2.75, 3.05) is 0 Å². The normalized spacial score (nSPS) is 10.3. The number of rotatable bonds is 3. The van der Waals surface area contributed by atoms with Crippen LogP contribution in [0.15, 0.2) is 30.5 Å². The van der Waals surface area contributed by atoms with Crippen LogP contribution < -0.4 is 0 Å². The number of hydrogen-bond donors (Lipinski definition) is 0. The van der Waals surface area contributed by atoms with E-state index in [-0.39, 0.29) is 5.69 Å². The molecule has 0 amide bonds. The topological polar surface area (TPSA) is 86.3 Å². The molecule has 0 unspecified atom stereocenters. The summed E-state index contributed by atoms with van der Waals surface area (Å²) < 4.78 is 0.